The van der Waals surface area contributed by atoms with Crippen LogP contribution in [0.25, 0.3) is 0 Å². The van der Waals surface area contributed by atoms with Crippen LogP contribution >= 0.6 is 0 Å². The van der Waals surface area contributed by atoms with Crippen LogP contribution in [0.3, 0.4) is 0 Å². The van der Waals surface area contributed by atoms with Gasteiger partial charge in [-0.1, -0.05) is 12.1 Å². The fraction of sp³-hybridized carbons (Fsp3) is 0.227. The van der Waals surface area contributed by atoms with Crippen molar-refractivity contribution >= 4 is 17.5 Å². The summed E-state index contributed by atoms with van der Waals surface area (Å²) in [5, 5.41) is 5.68. The topological polar surface area (TPSA) is 85.2 Å². The Labute approximate surface area is 172 Å². The lowest BCUT2D eigenvalue weighted by molar-refractivity contribution is -0.123. The van der Waals surface area contributed by atoms with E-state index in [0.717, 1.165) is 11.3 Å². The SMILES string of the molecule is Cn1ccnc1C(NC(=O)COc1ccc2c(c1)CCC(=O)N2)c1cccc(F)c1. The highest BCUT2D eigenvalue weighted by molar-refractivity contribution is 5.94. The van der Waals surface area contributed by atoms with Gasteiger partial charge in [-0.25, -0.2) is 9.37 Å². The van der Waals surface area contributed by atoms with Crippen LogP contribution in [-0.4, -0.2) is 28.0 Å². The van der Waals surface area contributed by atoms with E-state index in [4.69, 9.17) is 4.74 Å². The van der Waals surface area contributed by atoms with Crippen molar-refractivity contribution in [3.8, 4) is 5.75 Å². The lowest BCUT2D eigenvalue weighted by Gasteiger charge is -2.20. The number of benzene rings is 2. The van der Waals surface area contributed by atoms with Gasteiger partial charge < -0.3 is 19.9 Å². The Morgan fingerprint density at radius 1 is 1.30 bits per heavy atom. The molecule has 1 unspecified atom stereocenters. The van der Waals surface area contributed by atoms with E-state index in [1.54, 1.807) is 41.2 Å². The number of nitrogens with zero attached hydrogens (tertiary/aromatic N) is 2. The summed E-state index contributed by atoms with van der Waals surface area (Å²) in [6.07, 6.45) is 4.44. The maximum atomic E-state index is 13.7. The molecular weight excluding hydrogens is 387 g/mol. The van der Waals surface area contributed by atoms with Gasteiger partial charge in [0.15, 0.2) is 6.61 Å². The number of hydrogen-bond acceptors (Lipinski definition) is 4. The van der Waals surface area contributed by atoms with E-state index < -0.39 is 11.9 Å². The molecule has 2 N–H and O–H groups in total. The minimum Gasteiger partial charge on any atom is -0.484 e. The summed E-state index contributed by atoms with van der Waals surface area (Å²) in [7, 11) is 1.81. The number of carbonyl (C=O) groups is 2. The molecule has 7 nitrogen and oxygen atoms in total. The lowest BCUT2D eigenvalue weighted by Crippen LogP contribution is -2.34. The van der Waals surface area contributed by atoms with Gasteiger partial charge in [0.1, 0.15) is 23.4 Å². The Kier molecular flexibility index (Phi) is 5.47. The van der Waals surface area contributed by atoms with Gasteiger partial charge in [-0.15, -0.1) is 0 Å². The average Bonchev–Trinajstić information content (AvgIpc) is 3.16. The van der Waals surface area contributed by atoms with Crippen LogP contribution in [0.2, 0.25) is 0 Å². The van der Waals surface area contributed by atoms with Crippen LogP contribution in [-0.2, 0) is 23.1 Å². The fourth-order valence-corrected chi connectivity index (χ4v) is 3.44. The van der Waals surface area contributed by atoms with Crippen molar-refractivity contribution in [3.05, 3.63) is 77.6 Å². The Hall–Kier alpha value is -3.68. The van der Waals surface area contributed by atoms with E-state index in [9.17, 15) is 14.0 Å². The molecule has 0 radical (unpaired) electrons. The molecule has 0 fully saturated rings. The third-order valence-corrected chi connectivity index (χ3v) is 4.95. The summed E-state index contributed by atoms with van der Waals surface area (Å²) in [5.41, 5.74) is 2.32. The highest BCUT2D eigenvalue weighted by Crippen LogP contribution is 2.27. The molecule has 1 aliphatic rings. The summed E-state index contributed by atoms with van der Waals surface area (Å²) in [5.74, 6) is 0.364. The summed E-state index contributed by atoms with van der Waals surface area (Å²) in [6.45, 7) is -0.207. The van der Waals surface area contributed by atoms with Crippen molar-refractivity contribution in [3.63, 3.8) is 0 Å². The van der Waals surface area contributed by atoms with Crippen LogP contribution < -0.4 is 15.4 Å². The Morgan fingerprint density at radius 3 is 2.93 bits per heavy atom. The van der Waals surface area contributed by atoms with Gasteiger partial charge in [0.25, 0.3) is 5.91 Å². The van der Waals surface area contributed by atoms with E-state index in [1.807, 2.05) is 13.1 Å². The second kappa shape index (κ2) is 8.36. The van der Waals surface area contributed by atoms with Crippen molar-refractivity contribution in [2.24, 2.45) is 7.05 Å². The van der Waals surface area contributed by atoms with Gasteiger partial charge in [-0.3, -0.25) is 9.59 Å². The molecule has 30 heavy (non-hydrogen) atoms. The van der Waals surface area contributed by atoms with Crippen LogP contribution in [0, 0.1) is 5.82 Å². The monoisotopic (exact) mass is 408 g/mol. The zero-order chi connectivity index (χ0) is 21.1. The summed E-state index contributed by atoms with van der Waals surface area (Å²) in [6, 6.07) is 10.7. The number of nitrogens with one attached hydrogen (secondary N) is 2. The normalized spacial score (nSPS) is 13.9. The van der Waals surface area contributed by atoms with Crippen molar-refractivity contribution in [1.82, 2.24) is 14.9 Å². The summed E-state index contributed by atoms with van der Waals surface area (Å²) >= 11 is 0. The number of imidazole rings is 1. The lowest BCUT2D eigenvalue weighted by atomic mass is 10.0. The van der Waals surface area contributed by atoms with Crippen LogP contribution in [0.15, 0.2) is 54.9 Å². The van der Waals surface area contributed by atoms with Crippen LogP contribution in [0.5, 0.6) is 5.75 Å². The third-order valence-electron chi connectivity index (χ3n) is 4.95. The molecule has 2 heterocycles. The second-order valence-electron chi connectivity index (χ2n) is 7.11. The van der Waals surface area contributed by atoms with Gasteiger partial charge >= 0.3 is 0 Å². The molecular formula is C22H21FN4O3. The zero-order valence-electron chi connectivity index (χ0n) is 16.4. The Morgan fingerprint density at radius 2 is 2.17 bits per heavy atom. The quantitative estimate of drug-likeness (QED) is 0.657. The number of fused-ring (bicyclic) bond motifs is 1. The molecule has 2 aromatic carbocycles. The summed E-state index contributed by atoms with van der Waals surface area (Å²) < 4.78 is 21.2. The maximum absolute atomic E-state index is 13.7. The van der Waals surface area contributed by atoms with Crippen molar-refractivity contribution in [2.75, 3.05) is 11.9 Å². The first kappa shape index (κ1) is 19.6. The minimum absolute atomic E-state index is 0.00628. The second-order valence-corrected chi connectivity index (χ2v) is 7.11. The molecule has 0 saturated heterocycles. The molecule has 0 saturated carbocycles. The minimum atomic E-state index is -0.615. The highest BCUT2D eigenvalue weighted by Gasteiger charge is 2.22. The average molecular weight is 408 g/mol. The number of aromatic nitrogens is 2. The standard InChI is InChI=1S/C22H21FN4O3/c1-27-10-9-24-22(27)21(15-3-2-4-16(23)11-15)26-20(29)13-30-17-6-7-18-14(12-17)5-8-19(28)25-18/h2-4,6-7,9-12,21H,5,8,13H2,1H3,(H,25,28)(H,26,29). The first-order chi connectivity index (χ1) is 14.5. The number of ether oxygens (including phenoxy) is 1. The van der Waals surface area contributed by atoms with E-state index >= 15 is 0 Å². The molecule has 3 aromatic rings. The maximum Gasteiger partial charge on any atom is 0.258 e. The van der Waals surface area contributed by atoms with E-state index in [1.165, 1.54) is 12.1 Å². The predicted molar refractivity (Wildman–Crippen MR) is 108 cm³/mol. The first-order valence-corrected chi connectivity index (χ1v) is 9.57. The van der Waals surface area contributed by atoms with Crippen molar-refractivity contribution in [2.45, 2.75) is 18.9 Å². The number of amides is 2. The van der Waals surface area contributed by atoms with Crippen LogP contribution in [0.1, 0.15) is 29.4 Å². The highest BCUT2D eigenvalue weighted by atomic mass is 19.1. The smallest absolute Gasteiger partial charge is 0.258 e. The molecule has 154 valence electrons. The van der Waals surface area contributed by atoms with Gasteiger partial charge in [0.05, 0.1) is 0 Å². The van der Waals surface area contributed by atoms with E-state index in [0.29, 0.717) is 30.0 Å². The molecule has 2 amide bonds. The van der Waals surface area contributed by atoms with Gasteiger partial charge in [-0.2, -0.15) is 0 Å². The number of anilines is 1. The molecule has 0 bridgehead atoms. The van der Waals surface area contributed by atoms with Crippen molar-refractivity contribution < 1.29 is 18.7 Å². The van der Waals surface area contributed by atoms with Crippen molar-refractivity contribution in [1.29, 1.82) is 0 Å². The molecule has 0 aliphatic carbocycles. The molecule has 1 atom stereocenters. The number of rotatable bonds is 6. The van der Waals surface area contributed by atoms with Crippen LogP contribution in [0.4, 0.5) is 10.1 Å². The number of aryl methyl sites for hydroxylation is 2. The Balaban J connectivity index is 1.46. The number of halogens is 1. The molecule has 1 aliphatic heterocycles. The predicted octanol–water partition coefficient (Wildman–Crippen LogP) is 2.73. The largest absolute Gasteiger partial charge is 0.484 e. The molecule has 4 rings (SSSR count). The first-order valence-electron chi connectivity index (χ1n) is 9.57. The zero-order valence-corrected chi connectivity index (χ0v) is 16.4. The number of hydrogen-bond donors (Lipinski definition) is 2. The fourth-order valence-electron chi connectivity index (χ4n) is 3.44. The molecule has 0 spiro atoms. The summed E-state index contributed by atoms with van der Waals surface area (Å²) in [4.78, 5) is 28.4. The number of carbonyl (C=O) groups excluding carboxylic acids is 2. The molecule has 1 aromatic heterocycles. The molecule has 8 heteroatoms. The van der Waals surface area contributed by atoms with Gasteiger partial charge in [0.2, 0.25) is 5.91 Å². The van der Waals surface area contributed by atoms with E-state index in [2.05, 4.69) is 15.6 Å². The third kappa shape index (κ3) is 4.32. The van der Waals surface area contributed by atoms with Gasteiger partial charge in [0, 0.05) is 31.5 Å². The van der Waals surface area contributed by atoms with E-state index in [-0.39, 0.29) is 18.4 Å². The van der Waals surface area contributed by atoms with Gasteiger partial charge in [-0.05, 0) is 47.9 Å². The Bertz CT molecular complexity index is 1100.